The third-order valence-corrected chi connectivity index (χ3v) is 4.53. The smallest absolute Gasteiger partial charge is 0.347 e. The maximum Gasteiger partial charge on any atom is 0.347 e. The molecule has 0 heterocycles. The Morgan fingerprint density at radius 2 is 1.68 bits per heavy atom. The predicted molar refractivity (Wildman–Crippen MR) is 133 cm³/mol. The van der Waals surface area contributed by atoms with Crippen LogP contribution in [-0.2, 0) is 11.2 Å². The van der Waals surface area contributed by atoms with Crippen LogP contribution in [0.5, 0.6) is 5.75 Å². The number of halogens is 1. The molecule has 2 aromatic rings. The van der Waals surface area contributed by atoms with E-state index in [0.717, 1.165) is 5.56 Å². The molecule has 0 aliphatic carbocycles. The lowest BCUT2D eigenvalue weighted by Crippen LogP contribution is -2.37. The number of benzene rings is 2. The lowest BCUT2D eigenvalue weighted by Gasteiger charge is -2.21. The molecule has 0 aliphatic rings. The van der Waals surface area contributed by atoms with E-state index in [0.29, 0.717) is 29.3 Å². The third-order valence-electron chi connectivity index (χ3n) is 4.28. The van der Waals surface area contributed by atoms with Crippen molar-refractivity contribution in [2.45, 2.75) is 25.9 Å². The van der Waals surface area contributed by atoms with E-state index >= 15 is 0 Å². The van der Waals surface area contributed by atoms with Gasteiger partial charge in [-0.3, -0.25) is 10.2 Å². The molecular formula is C23H31ClN6O4. The Morgan fingerprint density at radius 1 is 1.12 bits per heavy atom. The molecule has 2 aromatic carbocycles. The summed E-state index contributed by atoms with van der Waals surface area (Å²) in [6, 6.07) is 13.8. The van der Waals surface area contributed by atoms with E-state index in [4.69, 9.17) is 38.3 Å². The van der Waals surface area contributed by atoms with Crippen LogP contribution in [0.4, 0.5) is 0 Å². The van der Waals surface area contributed by atoms with Crippen molar-refractivity contribution in [2.75, 3.05) is 20.6 Å². The van der Waals surface area contributed by atoms with Crippen LogP contribution in [0, 0.1) is 5.41 Å². The van der Waals surface area contributed by atoms with E-state index in [1.807, 2.05) is 12.1 Å². The summed E-state index contributed by atoms with van der Waals surface area (Å²) in [4.78, 5) is 28.0. The number of rotatable bonds is 7. The molecule has 7 N–H and O–H groups in total. The minimum Gasteiger partial charge on any atom is -0.478 e. The van der Waals surface area contributed by atoms with Gasteiger partial charge in [-0.05, 0) is 62.2 Å². The van der Waals surface area contributed by atoms with E-state index in [9.17, 15) is 9.59 Å². The molecule has 0 saturated carbocycles. The number of carbonyl (C=O) groups excluding carboxylic acids is 1. The fourth-order valence-corrected chi connectivity index (χ4v) is 2.43. The molecule has 0 fully saturated rings. The number of nitrogens with two attached hydrogens (primary N) is 2. The first kappa shape index (κ1) is 28.2. The number of nitrogens with one attached hydrogen (secondary N) is 2. The molecule has 0 unspecified atom stereocenters. The number of aliphatic imine (C=N–C) groups is 1. The Labute approximate surface area is 204 Å². The van der Waals surface area contributed by atoms with Gasteiger partial charge >= 0.3 is 5.97 Å². The van der Waals surface area contributed by atoms with Gasteiger partial charge in [0, 0.05) is 31.2 Å². The van der Waals surface area contributed by atoms with Crippen molar-refractivity contribution in [1.29, 1.82) is 5.41 Å². The number of hydrogen-bond donors (Lipinski definition) is 5. The monoisotopic (exact) mass is 490 g/mol. The fourth-order valence-electron chi connectivity index (χ4n) is 2.31. The quantitative estimate of drug-likeness (QED) is 0.293. The first-order chi connectivity index (χ1) is 15.8. The number of carboxylic acids is 1. The summed E-state index contributed by atoms with van der Waals surface area (Å²) in [7, 11) is 3.38. The summed E-state index contributed by atoms with van der Waals surface area (Å²) in [6.07, 6.45) is 0.655. The molecule has 0 aliphatic heterocycles. The molecule has 0 spiro atoms. The van der Waals surface area contributed by atoms with Crippen molar-refractivity contribution < 1.29 is 19.4 Å². The van der Waals surface area contributed by atoms with Gasteiger partial charge in [0.2, 0.25) is 5.96 Å². The van der Waals surface area contributed by atoms with Crippen LogP contribution in [0.3, 0.4) is 0 Å². The molecule has 0 atom stereocenters. The number of carboxylic acid groups (broad SMARTS) is 1. The zero-order chi connectivity index (χ0) is 25.9. The van der Waals surface area contributed by atoms with E-state index in [1.54, 1.807) is 50.5 Å². The maximum absolute atomic E-state index is 12.0. The minimum absolute atomic E-state index is 0.0509. The Morgan fingerprint density at radius 3 is 2.12 bits per heavy atom. The van der Waals surface area contributed by atoms with Gasteiger partial charge in [0.1, 0.15) is 5.75 Å². The van der Waals surface area contributed by atoms with E-state index in [1.165, 1.54) is 18.7 Å². The van der Waals surface area contributed by atoms with Gasteiger partial charge in [-0.25, -0.2) is 4.79 Å². The highest BCUT2D eigenvalue weighted by Crippen LogP contribution is 2.19. The van der Waals surface area contributed by atoms with Gasteiger partial charge in [0.25, 0.3) is 5.91 Å². The molecule has 2 rings (SSSR count). The Hall–Kier alpha value is -3.79. The molecular weight excluding hydrogens is 460 g/mol. The standard InChI is InChI=1S/C19H20ClNO4.C4H11N5/c1-19(2,18(23)24)25-16-9-3-13(4-10-16)11-12-21-17(22)14-5-7-15(20)8-6-14;1-9(2)4(7)8-3(5)6/h3-10H,11-12H2,1-2H3,(H,21,22)(H,23,24);1-2H3,(H5,5,6,7,8). The summed E-state index contributed by atoms with van der Waals surface area (Å²) in [5.74, 6) is -0.730. The third kappa shape index (κ3) is 10.2. The molecule has 11 heteroatoms. The zero-order valence-electron chi connectivity index (χ0n) is 19.6. The number of aliphatic carboxylic acids is 1. The number of guanidine groups is 2. The average molecular weight is 491 g/mol. The van der Waals surface area contributed by atoms with Crippen LogP contribution in [0.1, 0.15) is 29.8 Å². The summed E-state index contributed by atoms with van der Waals surface area (Å²) in [5, 5.41) is 19.5. The second-order valence-electron chi connectivity index (χ2n) is 7.83. The first-order valence-corrected chi connectivity index (χ1v) is 10.6. The second-order valence-corrected chi connectivity index (χ2v) is 8.27. The molecule has 34 heavy (non-hydrogen) atoms. The molecule has 0 bridgehead atoms. The van der Waals surface area contributed by atoms with Crippen LogP contribution < -0.4 is 21.5 Å². The van der Waals surface area contributed by atoms with Crippen LogP contribution in [0.25, 0.3) is 0 Å². The largest absolute Gasteiger partial charge is 0.478 e. The number of ether oxygens (including phenoxy) is 1. The fraction of sp³-hybridized carbons (Fsp3) is 0.304. The highest BCUT2D eigenvalue weighted by Gasteiger charge is 2.29. The Bertz CT molecular complexity index is 1000. The summed E-state index contributed by atoms with van der Waals surface area (Å²) in [5.41, 5.74) is 10.3. The first-order valence-electron chi connectivity index (χ1n) is 10.2. The number of hydrogen-bond acceptors (Lipinski definition) is 4. The van der Waals surface area contributed by atoms with E-state index in [2.05, 4.69) is 10.3 Å². The number of carbonyl (C=O) groups is 2. The van der Waals surface area contributed by atoms with Gasteiger partial charge in [0.05, 0.1) is 0 Å². The summed E-state index contributed by atoms with van der Waals surface area (Å²) < 4.78 is 5.45. The molecule has 1 amide bonds. The van der Waals surface area contributed by atoms with Crippen LogP contribution in [0.2, 0.25) is 5.02 Å². The van der Waals surface area contributed by atoms with Crippen LogP contribution in [0.15, 0.2) is 53.5 Å². The summed E-state index contributed by atoms with van der Waals surface area (Å²) >= 11 is 5.80. The van der Waals surface area contributed by atoms with E-state index < -0.39 is 11.6 Å². The van der Waals surface area contributed by atoms with Crippen LogP contribution >= 0.6 is 11.6 Å². The van der Waals surface area contributed by atoms with Gasteiger partial charge in [-0.15, -0.1) is 0 Å². The van der Waals surface area contributed by atoms with Crippen LogP contribution in [-0.4, -0.2) is 60.0 Å². The van der Waals surface area contributed by atoms with Crippen molar-refractivity contribution in [2.24, 2.45) is 16.5 Å². The van der Waals surface area contributed by atoms with E-state index in [-0.39, 0.29) is 17.8 Å². The van der Waals surface area contributed by atoms with Crippen molar-refractivity contribution in [3.63, 3.8) is 0 Å². The van der Waals surface area contributed by atoms with Crippen molar-refractivity contribution in [1.82, 2.24) is 10.2 Å². The predicted octanol–water partition coefficient (Wildman–Crippen LogP) is 2.31. The molecule has 0 aromatic heterocycles. The van der Waals surface area contributed by atoms with Gasteiger partial charge < -0.3 is 31.5 Å². The van der Waals surface area contributed by atoms with Crippen molar-refractivity contribution >= 4 is 35.4 Å². The average Bonchev–Trinajstić information content (AvgIpc) is 2.75. The minimum atomic E-state index is -1.28. The highest BCUT2D eigenvalue weighted by molar-refractivity contribution is 6.30. The van der Waals surface area contributed by atoms with Gasteiger partial charge in [0.15, 0.2) is 11.6 Å². The maximum atomic E-state index is 12.0. The molecule has 184 valence electrons. The second kappa shape index (κ2) is 13.0. The zero-order valence-corrected chi connectivity index (χ0v) is 20.4. The summed E-state index contributed by atoms with van der Waals surface area (Å²) in [6.45, 7) is 3.48. The molecule has 0 saturated heterocycles. The Balaban J connectivity index is 0.000000546. The molecule has 0 radical (unpaired) electrons. The lowest BCUT2D eigenvalue weighted by atomic mass is 10.1. The van der Waals surface area contributed by atoms with Gasteiger partial charge in [-0.2, -0.15) is 4.99 Å². The lowest BCUT2D eigenvalue weighted by molar-refractivity contribution is -0.152. The number of amides is 1. The van der Waals surface area contributed by atoms with Crippen molar-refractivity contribution in [3.8, 4) is 5.75 Å². The SMILES string of the molecule is CC(C)(Oc1ccc(CCNC(=O)c2ccc(Cl)cc2)cc1)C(=O)O.CN(C)C(=N)N=C(N)N. The molecule has 10 nitrogen and oxygen atoms in total. The van der Waals surface area contributed by atoms with Crippen molar-refractivity contribution in [3.05, 3.63) is 64.7 Å². The highest BCUT2D eigenvalue weighted by atomic mass is 35.5. The van der Waals surface area contributed by atoms with Gasteiger partial charge in [-0.1, -0.05) is 23.7 Å². The topological polar surface area (TPSA) is 167 Å². The Kier molecular flexibility index (Phi) is 10.8. The number of nitrogens with zero attached hydrogens (tertiary/aromatic N) is 2. The normalized spacial score (nSPS) is 10.3.